The van der Waals surface area contributed by atoms with Crippen molar-refractivity contribution in [3.8, 4) is 16.5 Å². The van der Waals surface area contributed by atoms with E-state index in [0.29, 0.717) is 18.6 Å². The molecule has 1 N–H and O–H groups in total. The van der Waals surface area contributed by atoms with Crippen LogP contribution < -0.4 is 9.62 Å². The lowest BCUT2D eigenvalue weighted by Crippen LogP contribution is -2.45. The van der Waals surface area contributed by atoms with Gasteiger partial charge in [0.2, 0.25) is 0 Å². The third kappa shape index (κ3) is 7.50. The lowest BCUT2D eigenvalue weighted by molar-refractivity contribution is -0.0102. The van der Waals surface area contributed by atoms with Gasteiger partial charge in [0, 0.05) is 40.7 Å². The van der Waals surface area contributed by atoms with Crippen LogP contribution in [0.4, 0.5) is 5.69 Å². The van der Waals surface area contributed by atoms with Crippen molar-refractivity contribution >= 4 is 43.4 Å². The summed E-state index contributed by atoms with van der Waals surface area (Å²) in [7, 11) is -4.03. The number of anilines is 1. The highest BCUT2D eigenvalue weighted by Crippen LogP contribution is 2.36. The first-order valence-electron chi connectivity index (χ1n) is 13.5. The van der Waals surface area contributed by atoms with E-state index in [0.717, 1.165) is 47.0 Å². The molecule has 7 nitrogen and oxygen atoms in total. The van der Waals surface area contributed by atoms with Gasteiger partial charge in [-0.15, -0.1) is 11.3 Å². The van der Waals surface area contributed by atoms with Crippen molar-refractivity contribution in [2.24, 2.45) is 0 Å². The summed E-state index contributed by atoms with van der Waals surface area (Å²) in [6.07, 6.45) is 0.473. The molecule has 9 heteroatoms. The highest BCUT2D eigenvalue weighted by Gasteiger charge is 2.30. The molecular weight excluding hydrogens is 542 g/mol. The minimum Gasteiger partial charge on any atom is -0.378 e. The van der Waals surface area contributed by atoms with Crippen LogP contribution in [-0.2, 0) is 19.5 Å². The van der Waals surface area contributed by atoms with Crippen molar-refractivity contribution in [2.75, 3.05) is 37.8 Å². The molecule has 1 fully saturated rings. The van der Waals surface area contributed by atoms with E-state index >= 15 is 0 Å². The number of morpholine rings is 1. The van der Waals surface area contributed by atoms with Gasteiger partial charge in [-0.3, -0.25) is 0 Å². The van der Waals surface area contributed by atoms with Gasteiger partial charge in [0.05, 0.1) is 18.8 Å². The largest absolute Gasteiger partial charge is 0.378 e. The molecule has 0 radical (unpaired) electrons. The Labute approximate surface area is 242 Å². The molecule has 0 bridgehead atoms. The Bertz CT molecular complexity index is 1540. The second kappa shape index (κ2) is 12.0. The fraction of sp³-hybridized carbons (Fsp3) is 0.452. The average molecular weight is 582 g/mol. The normalized spacial score (nSPS) is 15.7. The first kappa shape index (κ1) is 30.2. The van der Waals surface area contributed by atoms with E-state index in [2.05, 4.69) is 46.0 Å². The number of thiophene rings is 1. The summed E-state index contributed by atoms with van der Waals surface area (Å²) in [5.41, 5.74) is 1.60. The van der Waals surface area contributed by atoms with Crippen molar-refractivity contribution in [1.29, 1.82) is 5.26 Å². The van der Waals surface area contributed by atoms with Crippen LogP contribution in [0, 0.1) is 11.3 Å². The number of benzene rings is 2. The highest BCUT2D eigenvalue weighted by molar-refractivity contribution is 7.94. The van der Waals surface area contributed by atoms with E-state index in [4.69, 9.17) is 9.47 Å². The van der Waals surface area contributed by atoms with E-state index in [1.807, 2.05) is 39.0 Å². The van der Waals surface area contributed by atoms with Crippen LogP contribution in [0.5, 0.6) is 0 Å². The second-order valence-corrected chi connectivity index (χ2v) is 14.5. The van der Waals surface area contributed by atoms with Crippen LogP contribution >= 0.6 is 11.3 Å². The number of nitriles is 1. The molecule has 0 saturated carbocycles. The van der Waals surface area contributed by atoms with Crippen LogP contribution in [0.3, 0.4) is 0 Å². The number of hydrogen-bond acceptors (Lipinski definition) is 7. The fourth-order valence-corrected chi connectivity index (χ4v) is 7.27. The van der Waals surface area contributed by atoms with Gasteiger partial charge in [-0.25, -0.2) is 13.1 Å². The Kier molecular flexibility index (Phi) is 9.08. The SMILES string of the molecule is C/C(=C(/C#N)S(=O)(=O)NC(C)(C)CCOC(C)(C)C)c1ccc(-c2ccc3cc(N4CCOCC4)ccc3c2)s1. The summed E-state index contributed by atoms with van der Waals surface area (Å²) in [5.74, 6) is 0. The minimum atomic E-state index is -4.03. The first-order valence-corrected chi connectivity index (χ1v) is 15.8. The number of nitrogens with zero attached hydrogens (tertiary/aromatic N) is 2. The maximum atomic E-state index is 13.3. The zero-order valence-electron chi connectivity index (χ0n) is 24.2. The Morgan fingerprint density at radius 2 is 1.73 bits per heavy atom. The van der Waals surface area contributed by atoms with Crippen LogP contribution in [-0.4, -0.2) is 52.5 Å². The molecule has 0 amide bonds. The maximum Gasteiger partial charge on any atom is 0.251 e. The third-order valence-corrected chi connectivity index (χ3v) is 9.85. The lowest BCUT2D eigenvalue weighted by atomic mass is 10.0. The summed E-state index contributed by atoms with van der Waals surface area (Å²) in [6, 6.07) is 18.7. The first-order chi connectivity index (χ1) is 18.8. The van der Waals surface area contributed by atoms with Crippen molar-refractivity contribution in [3.63, 3.8) is 0 Å². The van der Waals surface area contributed by atoms with Gasteiger partial charge in [-0.1, -0.05) is 18.2 Å². The van der Waals surface area contributed by atoms with Crippen molar-refractivity contribution in [2.45, 2.75) is 59.1 Å². The standard InChI is InChI=1S/C31H39N3O4S2/c1-22(29(21-32)40(35,36)33-31(5,6)13-16-38-30(2,3)4)27-11-12-28(39-27)25-8-7-24-20-26(10-9-23(24)19-25)34-14-17-37-18-15-34/h7-12,19-20,33H,13-18H2,1-6H3/b29-22+. The second-order valence-electron chi connectivity index (χ2n) is 11.8. The molecule has 40 heavy (non-hydrogen) atoms. The van der Waals surface area contributed by atoms with Crippen LogP contribution in [0.15, 0.2) is 53.4 Å². The van der Waals surface area contributed by atoms with Crippen molar-refractivity contribution in [3.05, 3.63) is 58.3 Å². The number of fused-ring (bicyclic) bond motifs is 1. The molecule has 1 saturated heterocycles. The quantitative estimate of drug-likeness (QED) is 0.288. The summed E-state index contributed by atoms with van der Waals surface area (Å²) < 4.78 is 40.5. The number of allylic oxidation sites excluding steroid dienone is 2. The third-order valence-electron chi connectivity index (χ3n) is 6.84. The van der Waals surface area contributed by atoms with Gasteiger partial charge in [-0.05, 0) is 100 Å². The molecule has 4 rings (SSSR count). The topological polar surface area (TPSA) is 91.7 Å². The number of rotatable bonds is 9. The zero-order chi connectivity index (χ0) is 29.1. The molecule has 0 atom stereocenters. The minimum absolute atomic E-state index is 0.264. The number of hydrogen-bond donors (Lipinski definition) is 1. The maximum absolute atomic E-state index is 13.3. The molecule has 214 valence electrons. The van der Waals surface area contributed by atoms with Gasteiger partial charge in [0.25, 0.3) is 10.0 Å². The van der Waals surface area contributed by atoms with Crippen LogP contribution in [0.25, 0.3) is 26.8 Å². The smallest absolute Gasteiger partial charge is 0.251 e. The summed E-state index contributed by atoms with van der Waals surface area (Å²) in [6.45, 7) is 14.9. The molecule has 1 aliphatic heterocycles. The molecule has 0 aliphatic carbocycles. The Morgan fingerprint density at radius 1 is 1.05 bits per heavy atom. The fourth-order valence-electron chi connectivity index (χ4n) is 4.63. The zero-order valence-corrected chi connectivity index (χ0v) is 25.8. The summed E-state index contributed by atoms with van der Waals surface area (Å²) in [5, 5.41) is 12.2. The van der Waals surface area contributed by atoms with E-state index in [1.54, 1.807) is 20.8 Å². The molecule has 0 unspecified atom stereocenters. The summed E-state index contributed by atoms with van der Waals surface area (Å²) in [4.78, 5) is 3.83. The molecule has 1 aromatic heterocycles. The van der Waals surface area contributed by atoms with E-state index in [1.165, 1.54) is 22.4 Å². The Balaban J connectivity index is 1.54. The average Bonchev–Trinajstić information content (AvgIpc) is 3.38. The highest BCUT2D eigenvalue weighted by atomic mass is 32.2. The number of sulfonamides is 1. The van der Waals surface area contributed by atoms with E-state index in [-0.39, 0.29) is 10.5 Å². The molecular formula is C31H39N3O4S2. The number of ether oxygens (including phenoxy) is 2. The predicted octanol–water partition coefficient (Wildman–Crippen LogP) is 6.56. The monoisotopic (exact) mass is 581 g/mol. The molecule has 3 aromatic rings. The van der Waals surface area contributed by atoms with Crippen molar-refractivity contribution < 1.29 is 17.9 Å². The van der Waals surface area contributed by atoms with E-state index in [9.17, 15) is 13.7 Å². The number of nitrogens with one attached hydrogen (secondary N) is 1. The predicted molar refractivity (Wildman–Crippen MR) is 165 cm³/mol. The van der Waals surface area contributed by atoms with Crippen molar-refractivity contribution in [1.82, 2.24) is 4.72 Å². The molecule has 0 spiro atoms. The lowest BCUT2D eigenvalue weighted by Gasteiger charge is -2.29. The molecule has 1 aliphatic rings. The van der Waals surface area contributed by atoms with Crippen LogP contribution in [0.1, 0.15) is 52.8 Å². The van der Waals surface area contributed by atoms with E-state index < -0.39 is 15.6 Å². The Morgan fingerprint density at radius 3 is 2.40 bits per heavy atom. The van der Waals surface area contributed by atoms with Gasteiger partial charge in [0.1, 0.15) is 6.07 Å². The molecule has 2 heterocycles. The molecule has 2 aromatic carbocycles. The van der Waals surface area contributed by atoms with Gasteiger partial charge in [-0.2, -0.15) is 5.26 Å². The van der Waals surface area contributed by atoms with Crippen LogP contribution in [0.2, 0.25) is 0 Å². The Hall–Kier alpha value is -2.74. The van der Waals surface area contributed by atoms with Gasteiger partial charge < -0.3 is 14.4 Å². The van der Waals surface area contributed by atoms with Gasteiger partial charge >= 0.3 is 0 Å². The van der Waals surface area contributed by atoms with Gasteiger partial charge in [0.15, 0.2) is 4.91 Å². The summed E-state index contributed by atoms with van der Waals surface area (Å²) >= 11 is 1.48.